The highest BCUT2D eigenvalue weighted by molar-refractivity contribution is 5.88. The van der Waals surface area contributed by atoms with Crippen molar-refractivity contribution in [2.45, 2.75) is 215 Å². The molecule has 14 bridgehead atoms. The second-order valence-corrected chi connectivity index (χ2v) is 26.8. The molecule has 21 aliphatic rings. The van der Waals surface area contributed by atoms with E-state index in [2.05, 4.69) is 0 Å². The van der Waals surface area contributed by atoms with Crippen molar-refractivity contribution in [3.05, 3.63) is 42.5 Å². The standard InChI is InChI=1S/C72H116O35/c1-73-28-38-45-52(79-7)60(87-15)67(95-38)103-47-40(30-75-3)97-69(62(89-17)54(47)81-9)105-49-42(32-77-5)99-71(64(91-19)56(49)83-11)107-51-44(34-93-37-27-23-25-35-24-21-22-26-36(35)37)100-72(65(92-20)58(51)85-13)106-50-43(33-78-6)98-70(63(90-18)57(50)84-12)104-48-41(31-76-4)96-68(61(88-16)55(48)82-10)102-46-39(29-74-2)94-66(101-45)59(86-14)53(46)80-8/h21-27,38-72H,28-34H2,1-20H3/t38-,39-,40-,41-,42-,43-,44-,45-,46-,47-,48-,49-,50-,51-,52+,53+,54+,55+,56+,57+,58+,59-,60-,61-,62-,63-,64-,65-,66-,67-,68-,69-,70-,71-,72-/m1/s1. The van der Waals surface area contributed by atoms with E-state index in [1.165, 1.54) is 142 Å². The molecule has 35 nitrogen and oxygen atoms in total. The van der Waals surface area contributed by atoms with E-state index in [-0.39, 0.29) is 46.2 Å². The summed E-state index contributed by atoms with van der Waals surface area (Å²) in [5.41, 5.74) is 0. The molecular weight excluding hydrogens is 1420 g/mol. The van der Waals surface area contributed by atoms with Gasteiger partial charge in [-0.2, -0.15) is 0 Å². The number of hydrogen-bond donors (Lipinski definition) is 0. The minimum atomic E-state index is -1.29. The monoisotopic (exact) mass is 1540 g/mol. The predicted molar refractivity (Wildman–Crippen MR) is 367 cm³/mol. The summed E-state index contributed by atoms with van der Waals surface area (Å²) in [7, 11) is 30.3. The maximum Gasteiger partial charge on any atom is 0.187 e. The molecular formula is C72H116O35. The van der Waals surface area contributed by atoms with Gasteiger partial charge in [-0.05, 0) is 11.5 Å². The quantitative estimate of drug-likeness (QED) is 0.110. The lowest BCUT2D eigenvalue weighted by molar-refractivity contribution is -0.402. The van der Waals surface area contributed by atoms with Crippen molar-refractivity contribution in [1.29, 1.82) is 0 Å². The van der Waals surface area contributed by atoms with Gasteiger partial charge in [-0.25, -0.2) is 0 Å². The zero-order chi connectivity index (χ0) is 76.6. The first-order chi connectivity index (χ1) is 52.2. The van der Waals surface area contributed by atoms with Gasteiger partial charge in [-0.3, -0.25) is 0 Å². The minimum absolute atomic E-state index is 0.0449. The Hall–Kier alpha value is -2.86. The molecule has 21 fully saturated rings. The molecule has 2 aromatic rings. The highest BCUT2D eigenvalue weighted by atomic mass is 16.8. The molecule has 2 aromatic carbocycles. The minimum Gasteiger partial charge on any atom is -0.490 e. The summed E-state index contributed by atoms with van der Waals surface area (Å²) in [4.78, 5) is 0. The Morgan fingerprint density at radius 1 is 0.206 bits per heavy atom. The van der Waals surface area contributed by atoms with E-state index in [9.17, 15) is 0 Å². The Bertz CT molecular complexity index is 2840. The molecule has 614 valence electrons. The summed E-state index contributed by atoms with van der Waals surface area (Å²) in [6.45, 7) is -0.449. The molecule has 0 radical (unpaired) electrons. The number of rotatable bonds is 29. The Kier molecular flexibility index (Phi) is 33.9. The van der Waals surface area contributed by atoms with Gasteiger partial charge in [0.15, 0.2) is 44.0 Å². The van der Waals surface area contributed by atoms with Crippen molar-refractivity contribution >= 4 is 10.8 Å². The van der Waals surface area contributed by atoms with Gasteiger partial charge in [-0.1, -0.05) is 36.4 Å². The first-order valence-electron chi connectivity index (χ1n) is 35.8. The van der Waals surface area contributed by atoms with E-state index in [4.69, 9.17) is 166 Å². The smallest absolute Gasteiger partial charge is 0.187 e. The fourth-order valence-electron chi connectivity index (χ4n) is 16.2. The van der Waals surface area contributed by atoms with Gasteiger partial charge in [0, 0.05) is 148 Å². The zero-order valence-electron chi connectivity index (χ0n) is 65.0. The summed E-state index contributed by atoms with van der Waals surface area (Å²) in [6, 6.07) is 13.6. The summed E-state index contributed by atoms with van der Waals surface area (Å²) in [5, 5.41) is 1.80. The molecule has 107 heavy (non-hydrogen) atoms. The van der Waals surface area contributed by atoms with Crippen LogP contribution in [0.25, 0.3) is 10.8 Å². The second-order valence-electron chi connectivity index (χ2n) is 26.8. The average molecular weight is 1540 g/mol. The van der Waals surface area contributed by atoms with Crippen LogP contribution in [0, 0.1) is 0 Å². The highest BCUT2D eigenvalue weighted by Gasteiger charge is 2.62. The van der Waals surface area contributed by atoms with Crippen LogP contribution in [-0.2, 0) is 161 Å². The highest BCUT2D eigenvalue weighted by Crippen LogP contribution is 2.44. The Balaban J connectivity index is 1.08. The van der Waals surface area contributed by atoms with Gasteiger partial charge < -0.3 is 166 Å². The molecule has 0 spiro atoms. The molecule has 0 amide bonds. The summed E-state index contributed by atoms with van der Waals surface area (Å²) in [5.74, 6) is 0.563. The van der Waals surface area contributed by atoms with Crippen molar-refractivity contribution in [2.75, 3.05) is 188 Å². The molecule has 0 aliphatic carbocycles. The Morgan fingerprint density at radius 2 is 0.393 bits per heavy atom. The Labute approximate surface area is 626 Å². The van der Waals surface area contributed by atoms with E-state index in [1.807, 2.05) is 42.5 Å². The van der Waals surface area contributed by atoms with Crippen LogP contribution in [0.2, 0.25) is 0 Å². The number of benzene rings is 2. The van der Waals surface area contributed by atoms with Crippen LogP contribution in [0.1, 0.15) is 0 Å². The molecule has 0 unspecified atom stereocenters. The molecule has 35 atom stereocenters. The largest absolute Gasteiger partial charge is 0.490 e. The van der Waals surface area contributed by atoms with Crippen LogP contribution in [-0.4, -0.2) is 403 Å². The number of methoxy groups -OCH3 is 20. The summed E-state index contributed by atoms with van der Waals surface area (Å²) in [6.07, 6.45) is -37.0. The van der Waals surface area contributed by atoms with Gasteiger partial charge in [0.1, 0.15) is 183 Å². The van der Waals surface area contributed by atoms with Gasteiger partial charge in [-0.15, -0.1) is 0 Å². The Morgan fingerprint density at radius 3 is 0.589 bits per heavy atom. The zero-order valence-corrected chi connectivity index (χ0v) is 65.0. The average Bonchev–Trinajstić information content (AvgIpc) is 0.782. The molecule has 21 saturated heterocycles. The number of ether oxygens (including phenoxy) is 35. The van der Waals surface area contributed by atoms with E-state index in [1.54, 1.807) is 0 Å². The maximum atomic E-state index is 7.25. The first-order valence-corrected chi connectivity index (χ1v) is 35.8. The fourth-order valence-corrected chi connectivity index (χ4v) is 16.2. The normalized spacial score (nSPS) is 43.2. The van der Waals surface area contributed by atoms with Gasteiger partial charge >= 0.3 is 0 Å². The molecule has 0 N–H and O–H groups in total. The second kappa shape index (κ2) is 42.0. The van der Waals surface area contributed by atoms with Crippen LogP contribution in [0.15, 0.2) is 42.5 Å². The SMILES string of the molecule is COC[C@H]1O[C@@H]2O[C@H]3[C@H](OC)[C@@H](OC)[C@@H](O[C@H]4[C@H](OC)[C@@H](OC)[C@@H](O[C@H]5[C@H](OC)[C@@H](OC)[C@@H](O[C@H]6[C@H](OC)[C@@H](OC)[C@@H](O[C@H]7[C@H](OC)[C@@H](OC)[C@@H](O[C@H]8[C@H](OC)[C@@H](OC)[C@@H](O[C@H]1[C@H](OC)[C@H]2OC)O[C@@H]8COC)O[C@@H]7COC)O[C@@H]6COC)O[C@@H]5COc1cccc2ccccc12)O[C@@H]4COC)O[C@@H]3COC. The predicted octanol–water partition coefficient (Wildman–Crippen LogP) is 1.09. The van der Waals surface area contributed by atoms with Gasteiger partial charge in [0.05, 0.1) is 39.6 Å². The lowest BCUT2D eigenvalue weighted by Gasteiger charge is -2.52. The molecule has 35 heteroatoms. The van der Waals surface area contributed by atoms with E-state index in [0.717, 1.165) is 10.8 Å². The third kappa shape index (κ3) is 18.8. The number of fused-ring (bicyclic) bond motifs is 1. The van der Waals surface area contributed by atoms with Crippen molar-refractivity contribution in [3.63, 3.8) is 0 Å². The lowest BCUT2D eigenvalue weighted by Crippen LogP contribution is -2.69. The van der Waals surface area contributed by atoms with Crippen LogP contribution in [0.3, 0.4) is 0 Å². The van der Waals surface area contributed by atoms with E-state index in [0.29, 0.717) is 5.75 Å². The maximum absolute atomic E-state index is 7.25. The molecule has 23 rings (SSSR count). The summed E-state index contributed by atoms with van der Waals surface area (Å²) >= 11 is 0. The molecule has 21 aliphatic heterocycles. The molecule has 0 aromatic heterocycles. The summed E-state index contributed by atoms with van der Waals surface area (Å²) < 4.78 is 230. The van der Waals surface area contributed by atoms with Crippen molar-refractivity contribution < 1.29 is 166 Å². The van der Waals surface area contributed by atoms with Crippen LogP contribution in [0.5, 0.6) is 5.75 Å². The van der Waals surface area contributed by atoms with E-state index < -0.39 is 215 Å². The third-order valence-electron chi connectivity index (χ3n) is 21.1. The van der Waals surface area contributed by atoms with Crippen molar-refractivity contribution in [3.8, 4) is 5.75 Å². The van der Waals surface area contributed by atoms with Crippen molar-refractivity contribution in [2.24, 2.45) is 0 Å². The molecule has 21 heterocycles. The van der Waals surface area contributed by atoms with Crippen LogP contribution < -0.4 is 4.74 Å². The van der Waals surface area contributed by atoms with E-state index >= 15 is 0 Å². The van der Waals surface area contributed by atoms with Crippen molar-refractivity contribution in [1.82, 2.24) is 0 Å². The third-order valence-corrected chi connectivity index (χ3v) is 21.1. The first kappa shape index (κ1) is 86.5. The van der Waals surface area contributed by atoms with Crippen LogP contribution in [0.4, 0.5) is 0 Å². The van der Waals surface area contributed by atoms with Crippen LogP contribution >= 0.6 is 0 Å². The fraction of sp³-hybridized carbons (Fsp3) is 0.861. The van der Waals surface area contributed by atoms with Gasteiger partial charge in [0.2, 0.25) is 0 Å². The lowest BCUT2D eigenvalue weighted by atomic mass is 9.94. The molecule has 0 saturated carbocycles. The number of hydrogen-bond acceptors (Lipinski definition) is 35. The van der Waals surface area contributed by atoms with Gasteiger partial charge in [0.25, 0.3) is 0 Å². The topological polar surface area (TPSA) is 323 Å².